The summed E-state index contributed by atoms with van der Waals surface area (Å²) in [5.74, 6) is 0.439. The predicted molar refractivity (Wildman–Crippen MR) is 99.0 cm³/mol. The number of para-hydroxylation sites is 1. The normalized spacial score (nSPS) is 10.2. The number of carbonyl (C=O) groups is 2. The van der Waals surface area contributed by atoms with Gasteiger partial charge < -0.3 is 15.0 Å². The molecule has 0 unspecified atom stereocenters. The molecule has 0 atom stereocenters. The number of benzene rings is 2. The van der Waals surface area contributed by atoms with Crippen LogP contribution in [0.15, 0.2) is 48.5 Å². The third-order valence-electron chi connectivity index (χ3n) is 3.92. The van der Waals surface area contributed by atoms with Crippen LogP contribution in [0.1, 0.15) is 29.8 Å². The van der Waals surface area contributed by atoms with Crippen LogP contribution in [0.2, 0.25) is 0 Å². The van der Waals surface area contributed by atoms with Crippen molar-refractivity contribution in [2.75, 3.05) is 25.0 Å². The summed E-state index contributed by atoms with van der Waals surface area (Å²) in [5.41, 5.74) is 2.22. The molecular weight excluding hydrogens is 316 g/mol. The maximum Gasteiger partial charge on any atom is 0.262 e. The van der Waals surface area contributed by atoms with E-state index < -0.39 is 0 Å². The maximum absolute atomic E-state index is 12.3. The highest BCUT2D eigenvalue weighted by atomic mass is 16.5. The van der Waals surface area contributed by atoms with E-state index in [4.69, 9.17) is 4.74 Å². The Morgan fingerprint density at radius 2 is 1.64 bits per heavy atom. The van der Waals surface area contributed by atoms with Crippen molar-refractivity contribution in [2.45, 2.75) is 20.8 Å². The lowest BCUT2D eigenvalue weighted by Gasteiger charge is -2.18. The molecular formula is C20H24N2O3. The summed E-state index contributed by atoms with van der Waals surface area (Å²) in [6.45, 7) is 7.10. The molecule has 2 rings (SSSR count). The Morgan fingerprint density at radius 3 is 2.24 bits per heavy atom. The minimum Gasteiger partial charge on any atom is -0.483 e. The summed E-state index contributed by atoms with van der Waals surface area (Å²) in [5, 5.41) is 2.77. The highest BCUT2D eigenvalue weighted by Gasteiger charge is 2.12. The summed E-state index contributed by atoms with van der Waals surface area (Å²) in [4.78, 5) is 26.0. The Bertz CT molecular complexity index is 722. The zero-order valence-electron chi connectivity index (χ0n) is 14.9. The quantitative estimate of drug-likeness (QED) is 0.839. The van der Waals surface area contributed by atoms with E-state index in [-0.39, 0.29) is 18.4 Å². The second-order valence-electron chi connectivity index (χ2n) is 5.66. The molecule has 1 N–H and O–H groups in total. The first-order chi connectivity index (χ1) is 12.0. The SMILES string of the molecule is CCN(CC)C(=O)c1ccc(NC(=O)COc2ccccc2C)cc1. The molecule has 0 aromatic heterocycles. The molecule has 0 saturated carbocycles. The van der Waals surface area contributed by atoms with Gasteiger partial charge in [0.25, 0.3) is 11.8 Å². The lowest BCUT2D eigenvalue weighted by molar-refractivity contribution is -0.118. The standard InChI is InChI=1S/C20H24N2O3/c1-4-22(5-2)20(24)16-10-12-17(13-11-16)21-19(23)14-25-18-9-7-6-8-15(18)3/h6-13H,4-5,14H2,1-3H3,(H,21,23). The molecule has 0 aliphatic carbocycles. The number of aryl methyl sites for hydroxylation is 1. The fourth-order valence-electron chi connectivity index (χ4n) is 2.45. The number of anilines is 1. The van der Waals surface area contributed by atoms with Crippen LogP contribution in [0.4, 0.5) is 5.69 Å². The smallest absolute Gasteiger partial charge is 0.262 e. The number of carbonyl (C=O) groups excluding carboxylic acids is 2. The van der Waals surface area contributed by atoms with Gasteiger partial charge in [-0.3, -0.25) is 9.59 Å². The zero-order chi connectivity index (χ0) is 18.2. The average Bonchev–Trinajstić information content (AvgIpc) is 2.62. The summed E-state index contributed by atoms with van der Waals surface area (Å²) in [6, 6.07) is 14.4. The van der Waals surface area contributed by atoms with Crippen LogP contribution >= 0.6 is 0 Å². The van der Waals surface area contributed by atoms with Crippen LogP contribution in [0.5, 0.6) is 5.75 Å². The Labute approximate surface area is 148 Å². The number of amides is 2. The predicted octanol–water partition coefficient (Wildman–Crippen LogP) is 3.49. The number of nitrogens with zero attached hydrogens (tertiary/aromatic N) is 1. The number of hydrogen-bond acceptors (Lipinski definition) is 3. The van der Waals surface area contributed by atoms with Crippen molar-refractivity contribution in [3.8, 4) is 5.75 Å². The summed E-state index contributed by atoms with van der Waals surface area (Å²) in [6.07, 6.45) is 0. The van der Waals surface area contributed by atoms with Gasteiger partial charge in [-0.05, 0) is 56.7 Å². The molecule has 5 nitrogen and oxygen atoms in total. The topological polar surface area (TPSA) is 58.6 Å². The van der Waals surface area contributed by atoms with Crippen molar-refractivity contribution in [2.24, 2.45) is 0 Å². The van der Waals surface area contributed by atoms with Crippen LogP contribution in [0.3, 0.4) is 0 Å². The third kappa shape index (κ3) is 5.08. The lowest BCUT2D eigenvalue weighted by Crippen LogP contribution is -2.30. The number of nitrogens with one attached hydrogen (secondary N) is 1. The largest absolute Gasteiger partial charge is 0.483 e. The fourth-order valence-corrected chi connectivity index (χ4v) is 2.45. The van der Waals surface area contributed by atoms with Crippen molar-refractivity contribution in [3.63, 3.8) is 0 Å². The molecule has 0 radical (unpaired) electrons. The van der Waals surface area contributed by atoms with Crippen LogP contribution in [-0.2, 0) is 4.79 Å². The van der Waals surface area contributed by atoms with E-state index in [0.29, 0.717) is 30.1 Å². The minimum absolute atomic E-state index is 0.00855. The first-order valence-electron chi connectivity index (χ1n) is 8.42. The van der Waals surface area contributed by atoms with E-state index in [9.17, 15) is 9.59 Å². The van der Waals surface area contributed by atoms with Gasteiger partial charge >= 0.3 is 0 Å². The van der Waals surface area contributed by atoms with Gasteiger partial charge in [-0.1, -0.05) is 18.2 Å². The Hall–Kier alpha value is -2.82. The van der Waals surface area contributed by atoms with Crippen LogP contribution in [0, 0.1) is 6.92 Å². The van der Waals surface area contributed by atoms with E-state index in [1.165, 1.54) is 0 Å². The van der Waals surface area contributed by atoms with E-state index >= 15 is 0 Å². The second-order valence-corrected chi connectivity index (χ2v) is 5.66. The van der Waals surface area contributed by atoms with E-state index in [1.807, 2.05) is 45.0 Å². The first-order valence-corrected chi connectivity index (χ1v) is 8.42. The second kappa shape index (κ2) is 8.87. The van der Waals surface area contributed by atoms with Gasteiger partial charge in [0, 0.05) is 24.3 Å². The molecule has 132 valence electrons. The lowest BCUT2D eigenvalue weighted by atomic mass is 10.2. The van der Waals surface area contributed by atoms with Crippen molar-refractivity contribution >= 4 is 17.5 Å². The Kier molecular flexibility index (Phi) is 6.57. The molecule has 5 heteroatoms. The molecule has 0 fully saturated rings. The highest BCUT2D eigenvalue weighted by molar-refractivity contribution is 5.96. The molecule has 0 saturated heterocycles. The van der Waals surface area contributed by atoms with Gasteiger partial charge in [0.2, 0.25) is 0 Å². The molecule has 2 aromatic rings. The maximum atomic E-state index is 12.3. The van der Waals surface area contributed by atoms with Gasteiger partial charge in [0.1, 0.15) is 5.75 Å². The van der Waals surface area contributed by atoms with E-state index in [0.717, 1.165) is 5.56 Å². The fraction of sp³-hybridized carbons (Fsp3) is 0.300. The van der Waals surface area contributed by atoms with Gasteiger partial charge in [0.05, 0.1) is 0 Å². The summed E-state index contributed by atoms with van der Waals surface area (Å²) in [7, 11) is 0. The zero-order valence-corrected chi connectivity index (χ0v) is 14.9. The monoisotopic (exact) mass is 340 g/mol. The van der Waals surface area contributed by atoms with Gasteiger partial charge in [-0.15, -0.1) is 0 Å². The van der Waals surface area contributed by atoms with E-state index in [2.05, 4.69) is 5.32 Å². The molecule has 0 aliphatic heterocycles. The van der Waals surface area contributed by atoms with Crippen molar-refractivity contribution < 1.29 is 14.3 Å². The number of hydrogen-bond donors (Lipinski definition) is 1. The summed E-state index contributed by atoms with van der Waals surface area (Å²) < 4.78 is 5.52. The van der Waals surface area contributed by atoms with Gasteiger partial charge in [0.15, 0.2) is 6.61 Å². The number of rotatable bonds is 7. The molecule has 2 aromatic carbocycles. The van der Waals surface area contributed by atoms with Crippen molar-refractivity contribution in [1.82, 2.24) is 4.90 Å². The Morgan fingerprint density at radius 1 is 1.00 bits per heavy atom. The van der Waals surface area contributed by atoms with Crippen LogP contribution in [-0.4, -0.2) is 36.4 Å². The van der Waals surface area contributed by atoms with Crippen LogP contribution in [0.25, 0.3) is 0 Å². The van der Waals surface area contributed by atoms with E-state index in [1.54, 1.807) is 29.2 Å². The average molecular weight is 340 g/mol. The molecule has 0 spiro atoms. The first kappa shape index (κ1) is 18.5. The van der Waals surface area contributed by atoms with Crippen molar-refractivity contribution in [1.29, 1.82) is 0 Å². The molecule has 0 heterocycles. The highest BCUT2D eigenvalue weighted by Crippen LogP contribution is 2.16. The number of ether oxygens (including phenoxy) is 1. The Balaban J connectivity index is 1.91. The van der Waals surface area contributed by atoms with Crippen LogP contribution < -0.4 is 10.1 Å². The molecule has 25 heavy (non-hydrogen) atoms. The molecule has 0 bridgehead atoms. The molecule has 2 amide bonds. The summed E-state index contributed by atoms with van der Waals surface area (Å²) >= 11 is 0. The third-order valence-corrected chi connectivity index (χ3v) is 3.92. The molecule has 0 aliphatic rings. The van der Waals surface area contributed by atoms with Gasteiger partial charge in [-0.25, -0.2) is 0 Å². The van der Waals surface area contributed by atoms with Crippen molar-refractivity contribution in [3.05, 3.63) is 59.7 Å². The minimum atomic E-state index is -0.244. The van der Waals surface area contributed by atoms with Gasteiger partial charge in [-0.2, -0.15) is 0 Å².